The van der Waals surface area contributed by atoms with E-state index >= 15 is 0 Å². The van der Waals surface area contributed by atoms with Crippen LogP contribution in [0.15, 0.2) is 54.2 Å². The first-order chi connectivity index (χ1) is 17.7. The summed E-state index contributed by atoms with van der Waals surface area (Å²) in [4.78, 5) is 9.18. The Labute approximate surface area is 225 Å². The lowest BCUT2D eigenvalue weighted by Crippen LogP contribution is -2.45. The van der Waals surface area contributed by atoms with E-state index in [2.05, 4.69) is 60.9 Å². The van der Waals surface area contributed by atoms with Gasteiger partial charge in [-0.25, -0.2) is 9.36 Å². The van der Waals surface area contributed by atoms with E-state index in [1.165, 1.54) is 22.4 Å². The SMILES string of the molecule is C=C(CCc1c(C)nn(-c2ccc(=NC)n(C(=C)C)n2)c1C)N1CCN(Cc2ccc(C)cc2Cl)CC1. The fourth-order valence-electron chi connectivity index (χ4n) is 4.90. The van der Waals surface area contributed by atoms with Gasteiger partial charge in [0.15, 0.2) is 5.82 Å². The molecule has 196 valence electrons. The molecule has 1 aromatic carbocycles. The number of benzene rings is 1. The highest BCUT2D eigenvalue weighted by Gasteiger charge is 2.20. The maximum Gasteiger partial charge on any atom is 0.174 e. The highest BCUT2D eigenvalue weighted by Crippen LogP contribution is 2.23. The molecule has 37 heavy (non-hydrogen) atoms. The van der Waals surface area contributed by atoms with Gasteiger partial charge in [-0.3, -0.25) is 9.89 Å². The third kappa shape index (κ3) is 6.05. The largest absolute Gasteiger partial charge is 0.373 e. The second kappa shape index (κ2) is 11.5. The molecule has 0 amide bonds. The van der Waals surface area contributed by atoms with Crippen LogP contribution in [0, 0.1) is 20.8 Å². The Morgan fingerprint density at radius 3 is 2.41 bits per heavy atom. The van der Waals surface area contributed by atoms with E-state index in [4.69, 9.17) is 21.8 Å². The molecule has 1 saturated heterocycles. The van der Waals surface area contributed by atoms with Gasteiger partial charge >= 0.3 is 0 Å². The van der Waals surface area contributed by atoms with Crippen molar-refractivity contribution in [3.05, 3.63) is 87.8 Å². The molecule has 0 unspecified atom stereocenters. The molecule has 3 heterocycles. The van der Waals surface area contributed by atoms with Crippen molar-refractivity contribution in [2.24, 2.45) is 4.99 Å². The fourth-order valence-corrected chi connectivity index (χ4v) is 5.20. The number of nitrogens with zero attached hydrogens (tertiary/aromatic N) is 7. The summed E-state index contributed by atoms with van der Waals surface area (Å²) in [6, 6.07) is 10.2. The standard InChI is InChI=1S/C29H38ClN7/c1-20(2)36-28(31-7)12-13-29(33-36)37-24(6)26(23(5)32-37)11-9-22(4)35-16-14-34(15-17-35)19-25-10-8-21(3)18-27(25)30/h8,10,12-13,18H,1,4,9,11,14-17,19H2,2-3,5-7H3. The highest BCUT2D eigenvalue weighted by atomic mass is 35.5. The van der Waals surface area contributed by atoms with Gasteiger partial charge in [0.2, 0.25) is 0 Å². The van der Waals surface area contributed by atoms with Gasteiger partial charge in [0.05, 0.1) is 5.69 Å². The molecule has 0 N–H and O–H groups in total. The van der Waals surface area contributed by atoms with E-state index in [9.17, 15) is 0 Å². The molecule has 0 spiro atoms. The minimum Gasteiger partial charge on any atom is -0.373 e. The number of aromatic nitrogens is 4. The van der Waals surface area contributed by atoms with Crippen LogP contribution in [0.25, 0.3) is 11.5 Å². The van der Waals surface area contributed by atoms with Crippen LogP contribution in [0.4, 0.5) is 0 Å². The summed E-state index contributed by atoms with van der Waals surface area (Å²) >= 11 is 6.46. The maximum absolute atomic E-state index is 6.46. The zero-order chi connectivity index (χ0) is 26.7. The van der Waals surface area contributed by atoms with Crippen LogP contribution in [0.2, 0.25) is 5.02 Å². The first-order valence-electron chi connectivity index (χ1n) is 12.8. The van der Waals surface area contributed by atoms with E-state index in [1.807, 2.05) is 29.8 Å². The summed E-state index contributed by atoms with van der Waals surface area (Å²) in [6.45, 7) is 21.5. The molecule has 1 aliphatic heterocycles. The smallest absolute Gasteiger partial charge is 0.174 e. The normalized spacial score (nSPS) is 14.9. The minimum absolute atomic E-state index is 0.755. The number of allylic oxidation sites excluding steroid dienone is 2. The molecule has 4 rings (SSSR count). The Kier molecular flexibility index (Phi) is 8.35. The van der Waals surface area contributed by atoms with E-state index < -0.39 is 0 Å². The zero-order valence-corrected chi connectivity index (χ0v) is 23.5. The van der Waals surface area contributed by atoms with Crippen molar-refractivity contribution in [2.75, 3.05) is 33.2 Å². The van der Waals surface area contributed by atoms with Crippen molar-refractivity contribution in [2.45, 2.75) is 47.1 Å². The third-order valence-corrected chi connectivity index (χ3v) is 7.49. The van der Waals surface area contributed by atoms with Gasteiger partial charge in [-0.15, -0.1) is 5.10 Å². The average molecular weight is 520 g/mol. The van der Waals surface area contributed by atoms with Crippen molar-refractivity contribution in [3.8, 4) is 5.82 Å². The molecule has 0 aliphatic carbocycles. The third-order valence-electron chi connectivity index (χ3n) is 7.14. The van der Waals surface area contributed by atoms with E-state index in [1.54, 1.807) is 11.7 Å². The number of hydrogen-bond acceptors (Lipinski definition) is 5. The lowest BCUT2D eigenvalue weighted by atomic mass is 10.1. The van der Waals surface area contributed by atoms with E-state index in [0.29, 0.717) is 0 Å². The van der Waals surface area contributed by atoms with Crippen LogP contribution < -0.4 is 5.49 Å². The van der Waals surface area contributed by atoms with Crippen LogP contribution >= 0.6 is 11.6 Å². The Morgan fingerprint density at radius 2 is 1.76 bits per heavy atom. The molecule has 2 aromatic heterocycles. The van der Waals surface area contributed by atoms with Gasteiger partial charge in [-0.1, -0.05) is 36.9 Å². The van der Waals surface area contributed by atoms with Gasteiger partial charge in [-0.2, -0.15) is 5.10 Å². The second-order valence-corrected chi connectivity index (χ2v) is 10.3. The number of aryl methyl sites for hydroxylation is 2. The van der Waals surface area contributed by atoms with Crippen LogP contribution in [0.1, 0.15) is 41.4 Å². The van der Waals surface area contributed by atoms with Crippen molar-refractivity contribution in [3.63, 3.8) is 0 Å². The monoisotopic (exact) mass is 519 g/mol. The quantitative estimate of drug-likeness (QED) is 0.423. The minimum atomic E-state index is 0.755. The first kappa shape index (κ1) is 26.9. The Balaban J connectivity index is 1.37. The average Bonchev–Trinajstić information content (AvgIpc) is 3.17. The molecule has 0 atom stereocenters. The second-order valence-electron chi connectivity index (χ2n) is 9.91. The van der Waals surface area contributed by atoms with Crippen LogP contribution in [0.5, 0.6) is 0 Å². The van der Waals surface area contributed by atoms with Gasteiger partial charge < -0.3 is 4.90 Å². The topological polar surface area (TPSA) is 54.5 Å². The van der Waals surface area contributed by atoms with Crippen molar-refractivity contribution < 1.29 is 0 Å². The summed E-state index contributed by atoms with van der Waals surface area (Å²) in [7, 11) is 1.75. The Bertz CT molecular complexity index is 1370. The summed E-state index contributed by atoms with van der Waals surface area (Å²) in [5, 5.41) is 10.4. The number of hydrogen-bond donors (Lipinski definition) is 0. The molecule has 8 heteroatoms. The van der Waals surface area contributed by atoms with Crippen LogP contribution in [0.3, 0.4) is 0 Å². The molecule has 0 radical (unpaired) electrons. The van der Waals surface area contributed by atoms with E-state index in [-0.39, 0.29) is 0 Å². The molecule has 0 bridgehead atoms. The number of piperazine rings is 1. The molecule has 7 nitrogen and oxygen atoms in total. The fraction of sp³-hybridized carbons (Fsp3) is 0.414. The predicted octanol–water partition coefficient (Wildman–Crippen LogP) is 4.93. The molecule has 3 aromatic rings. The highest BCUT2D eigenvalue weighted by molar-refractivity contribution is 6.31. The maximum atomic E-state index is 6.46. The first-order valence-corrected chi connectivity index (χ1v) is 13.2. The van der Waals surface area contributed by atoms with Gasteiger partial charge in [0.1, 0.15) is 5.49 Å². The van der Waals surface area contributed by atoms with Crippen molar-refractivity contribution in [1.82, 2.24) is 29.4 Å². The number of halogens is 1. The summed E-state index contributed by atoms with van der Waals surface area (Å²) in [5.74, 6) is 0.755. The van der Waals surface area contributed by atoms with Crippen LogP contribution in [-0.2, 0) is 13.0 Å². The Hall–Kier alpha value is -3.16. The van der Waals surface area contributed by atoms with Gasteiger partial charge in [-0.05, 0) is 75.4 Å². The lowest BCUT2D eigenvalue weighted by molar-refractivity contribution is 0.150. The molecule has 1 aliphatic rings. The molecule has 1 fully saturated rings. The zero-order valence-electron chi connectivity index (χ0n) is 22.8. The lowest BCUT2D eigenvalue weighted by Gasteiger charge is -2.37. The summed E-state index contributed by atoms with van der Waals surface area (Å²) in [5.41, 5.74) is 8.53. The summed E-state index contributed by atoms with van der Waals surface area (Å²) < 4.78 is 3.67. The van der Waals surface area contributed by atoms with E-state index in [0.717, 1.165) is 79.0 Å². The molecular weight excluding hydrogens is 482 g/mol. The molecular formula is C29H38ClN7. The van der Waals surface area contributed by atoms with Crippen molar-refractivity contribution in [1.29, 1.82) is 0 Å². The number of rotatable bonds is 8. The molecule has 0 saturated carbocycles. The summed E-state index contributed by atoms with van der Waals surface area (Å²) in [6.07, 6.45) is 1.81. The predicted molar refractivity (Wildman–Crippen MR) is 152 cm³/mol. The van der Waals surface area contributed by atoms with Gasteiger partial charge in [0, 0.05) is 61.9 Å². The Morgan fingerprint density at radius 1 is 1.03 bits per heavy atom. The van der Waals surface area contributed by atoms with Crippen LogP contribution in [-0.4, -0.2) is 62.6 Å². The van der Waals surface area contributed by atoms with Crippen molar-refractivity contribution >= 4 is 17.3 Å². The van der Waals surface area contributed by atoms with Gasteiger partial charge in [0.25, 0.3) is 0 Å².